The first-order valence-electron chi connectivity index (χ1n) is 12.4. The maximum Gasteiger partial charge on any atom is 0.244 e. The summed E-state index contributed by atoms with van der Waals surface area (Å²) >= 11 is 0. The normalized spacial score (nSPS) is 12.3. The van der Waals surface area contributed by atoms with Gasteiger partial charge in [-0.3, -0.25) is 13.9 Å². The average molecular weight is 520 g/mol. The zero-order valence-electron chi connectivity index (χ0n) is 21.8. The number of nitrogens with one attached hydrogen (secondary N) is 1. The van der Waals surface area contributed by atoms with Gasteiger partial charge in [0, 0.05) is 13.1 Å². The Bertz CT molecular complexity index is 1120. The molecule has 198 valence electrons. The van der Waals surface area contributed by atoms with Crippen molar-refractivity contribution in [2.75, 3.05) is 23.7 Å². The standard InChI is InChI=1S/C27H38FN3O4S/c1-6-8-17-29-27(33)24(7-2)30(18-21-13-15-22(28)16-14-21)26(32)19-31(36(5,34)35)25-12-10-9-11-23(25)20(3)4/h9-16,20,24H,6-8,17-19H2,1-5H3,(H,29,33). The molecule has 9 heteroatoms. The lowest BCUT2D eigenvalue weighted by atomic mass is 10.0. The molecule has 0 saturated heterocycles. The van der Waals surface area contributed by atoms with Crippen LogP contribution in [-0.4, -0.2) is 50.5 Å². The number of rotatable bonds is 13. The number of nitrogens with zero attached hydrogens (tertiary/aromatic N) is 2. The van der Waals surface area contributed by atoms with E-state index in [1.165, 1.54) is 17.0 Å². The van der Waals surface area contributed by atoms with Crippen molar-refractivity contribution in [3.05, 3.63) is 65.5 Å². The van der Waals surface area contributed by atoms with Gasteiger partial charge in [-0.15, -0.1) is 0 Å². The van der Waals surface area contributed by atoms with E-state index in [0.717, 1.165) is 29.0 Å². The van der Waals surface area contributed by atoms with Crippen molar-refractivity contribution in [3.8, 4) is 0 Å². The fraction of sp³-hybridized carbons (Fsp3) is 0.481. The van der Waals surface area contributed by atoms with E-state index < -0.39 is 34.3 Å². The van der Waals surface area contributed by atoms with E-state index in [0.29, 0.717) is 24.2 Å². The molecule has 0 aromatic heterocycles. The van der Waals surface area contributed by atoms with Crippen LogP contribution in [0.25, 0.3) is 0 Å². The molecule has 0 saturated carbocycles. The number of unbranched alkanes of at least 4 members (excludes halogenated alkanes) is 1. The Hall–Kier alpha value is -2.94. The van der Waals surface area contributed by atoms with Crippen molar-refractivity contribution in [1.82, 2.24) is 10.2 Å². The highest BCUT2D eigenvalue weighted by Gasteiger charge is 2.32. The molecule has 7 nitrogen and oxygen atoms in total. The van der Waals surface area contributed by atoms with Crippen LogP contribution in [0.15, 0.2) is 48.5 Å². The molecule has 0 bridgehead atoms. The van der Waals surface area contributed by atoms with E-state index >= 15 is 0 Å². The second-order valence-electron chi connectivity index (χ2n) is 9.20. The van der Waals surface area contributed by atoms with Crippen molar-refractivity contribution in [3.63, 3.8) is 0 Å². The van der Waals surface area contributed by atoms with Crippen molar-refractivity contribution in [1.29, 1.82) is 0 Å². The molecule has 0 spiro atoms. The van der Waals surface area contributed by atoms with Crippen molar-refractivity contribution in [2.24, 2.45) is 0 Å². The van der Waals surface area contributed by atoms with Crippen molar-refractivity contribution >= 4 is 27.5 Å². The zero-order valence-corrected chi connectivity index (χ0v) is 22.6. The zero-order chi connectivity index (χ0) is 26.9. The fourth-order valence-electron chi connectivity index (χ4n) is 4.01. The number of para-hydroxylation sites is 1. The molecule has 0 aliphatic rings. The summed E-state index contributed by atoms with van der Waals surface area (Å²) in [5.41, 5.74) is 1.87. The number of carbonyl (C=O) groups excluding carboxylic acids is 2. The maximum atomic E-state index is 13.7. The predicted molar refractivity (Wildman–Crippen MR) is 142 cm³/mol. The van der Waals surface area contributed by atoms with Crippen LogP contribution >= 0.6 is 0 Å². The average Bonchev–Trinajstić information content (AvgIpc) is 2.83. The van der Waals surface area contributed by atoms with Crippen molar-refractivity contribution < 1.29 is 22.4 Å². The summed E-state index contributed by atoms with van der Waals surface area (Å²) in [5.74, 6) is -1.19. The first-order valence-corrected chi connectivity index (χ1v) is 14.2. The Morgan fingerprint density at radius 1 is 1.03 bits per heavy atom. The molecule has 0 fully saturated rings. The molecule has 2 aromatic carbocycles. The summed E-state index contributed by atoms with van der Waals surface area (Å²) in [6.07, 6.45) is 3.12. The summed E-state index contributed by atoms with van der Waals surface area (Å²) in [5, 5.41) is 2.88. The third-order valence-electron chi connectivity index (χ3n) is 5.99. The van der Waals surface area contributed by atoms with Gasteiger partial charge in [-0.1, -0.05) is 64.4 Å². The molecule has 0 aliphatic carbocycles. The summed E-state index contributed by atoms with van der Waals surface area (Å²) in [7, 11) is -3.82. The third kappa shape index (κ3) is 8.05. The maximum absolute atomic E-state index is 13.7. The number of anilines is 1. The number of hydrogen-bond acceptors (Lipinski definition) is 4. The van der Waals surface area contributed by atoms with Crippen LogP contribution in [0.5, 0.6) is 0 Å². The number of carbonyl (C=O) groups is 2. The highest BCUT2D eigenvalue weighted by atomic mass is 32.2. The molecular formula is C27H38FN3O4S. The second-order valence-corrected chi connectivity index (χ2v) is 11.1. The molecule has 0 radical (unpaired) electrons. The Morgan fingerprint density at radius 2 is 1.67 bits per heavy atom. The summed E-state index contributed by atoms with van der Waals surface area (Å²) < 4.78 is 40.3. The SMILES string of the molecule is CCCCNC(=O)C(CC)N(Cc1ccc(F)cc1)C(=O)CN(c1ccccc1C(C)C)S(C)(=O)=O. The van der Waals surface area contributed by atoms with Crippen LogP contribution in [0.3, 0.4) is 0 Å². The Labute approximate surface area is 214 Å². The molecule has 1 unspecified atom stereocenters. The van der Waals surface area contributed by atoms with E-state index in [-0.39, 0.29) is 18.4 Å². The molecule has 2 amide bonds. The molecule has 36 heavy (non-hydrogen) atoms. The van der Waals surface area contributed by atoms with Gasteiger partial charge in [0.25, 0.3) is 0 Å². The fourth-order valence-corrected chi connectivity index (χ4v) is 4.88. The van der Waals surface area contributed by atoms with Gasteiger partial charge >= 0.3 is 0 Å². The highest BCUT2D eigenvalue weighted by Crippen LogP contribution is 2.29. The van der Waals surface area contributed by atoms with Gasteiger partial charge in [-0.05, 0) is 48.1 Å². The first-order chi connectivity index (χ1) is 17.0. The molecule has 0 aliphatic heterocycles. The summed E-state index contributed by atoms with van der Waals surface area (Å²) in [6, 6.07) is 12.0. The van der Waals surface area contributed by atoms with Crippen molar-refractivity contribution in [2.45, 2.75) is 65.5 Å². The van der Waals surface area contributed by atoms with Gasteiger partial charge in [-0.25, -0.2) is 12.8 Å². The quantitative estimate of drug-likeness (QED) is 0.397. The van der Waals surface area contributed by atoms with Gasteiger partial charge in [0.1, 0.15) is 18.4 Å². The minimum absolute atomic E-state index is 0.0311. The highest BCUT2D eigenvalue weighted by molar-refractivity contribution is 7.92. The molecule has 2 rings (SSSR count). The predicted octanol–water partition coefficient (Wildman–Crippen LogP) is 4.44. The van der Waals surface area contributed by atoms with E-state index in [9.17, 15) is 22.4 Å². The van der Waals surface area contributed by atoms with Crippen LogP contribution in [0.2, 0.25) is 0 Å². The Kier molecular flexibility index (Phi) is 10.9. The monoisotopic (exact) mass is 519 g/mol. The molecule has 1 N–H and O–H groups in total. The topological polar surface area (TPSA) is 86.8 Å². The minimum atomic E-state index is -3.82. The van der Waals surface area contributed by atoms with Crippen LogP contribution < -0.4 is 9.62 Å². The lowest BCUT2D eigenvalue weighted by Gasteiger charge is -2.33. The number of amides is 2. The lowest BCUT2D eigenvalue weighted by molar-refractivity contribution is -0.140. The van der Waals surface area contributed by atoms with Crippen LogP contribution in [0, 0.1) is 5.82 Å². The summed E-state index contributed by atoms with van der Waals surface area (Å²) in [4.78, 5) is 28.2. The number of sulfonamides is 1. The van der Waals surface area contributed by atoms with Gasteiger partial charge in [0.15, 0.2) is 0 Å². The van der Waals surface area contributed by atoms with Crippen LogP contribution in [0.4, 0.5) is 10.1 Å². The van der Waals surface area contributed by atoms with E-state index in [4.69, 9.17) is 0 Å². The van der Waals surface area contributed by atoms with Gasteiger partial charge in [-0.2, -0.15) is 0 Å². The van der Waals surface area contributed by atoms with Gasteiger partial charge < -0.3 is 10.2 Å². The molecular weight excluding hydrogens is 481 g/mol. The number of hydrogen-bond donors (Lipinski definition) is 1. The van der Waals surface area contributed by atoms with E-state index in [1.807, 2.05) is 32.9 Å². The van der Waals surface area contributed by atoms with E-state index in [1.54, 1.807) is 31.2 Å². The number of halogens is 1. The Morgan fingerprint density at radius 3 is 2.22 bits per heavy atom. The third-order valence-corrected chi connectivity index (χ3v) is 7.11. The van der Waals surface area contributed by atoms with Crippen LogP contribution in [-0.2, 0) is 26.2 Å². The molecule has 2 aromatic rings. The first kappa shape index (κ1) is 29.3. The number of benzene rings is 2. The molecule has 1 atom stereocenters. The summed E-state index contributed by atoms with van der Waals surface area (Å²) in [6.45, 7) is 7.80. The van der Waals surface area contributed by atoms with Gasteiger partial charge in [0.05, 0.1) is 11.9 Å². The Balaban J connectivity index is 2.46. The largest absolute Gasteiger partial charge is 0.354 e. The smallest absolute Gasteiger partial charge is 0.244 e. The van der Waals surface area contributed by atoms with E-state index in [2.05, 4.69) is 5.32 Å². The minimum Gasteiger partial charge on any atom is -0.354 e. The van der Waals surface area contributed by atoms with Crippen LogP contribution in [0.1, 0.15) is 64.0 Å². The molecule has 0 heterocycles. The van der Waals surface area contributed by atoms with Gasteiger partial charge in [0.2, 0.25) is 21.8 Å². The lowest BCUT2D eigenvalue weighted by Crippen LogP contribution is -2.52. The second kappa shape index (κ2) is 13.4.